The number of amides is 1. The maximum Gasteiger partial charge on any atom is 0.257 e. The van der Waals surface area contributed by atoms with Crippen molar-refractivity contribution >= 4 is 5.91 Å². The van der Waals surface area contributed by atoms with Gasteiger partial charge in [-0.25, -0.2) is 0 Å². The van der Waals surface area contributed by atoms with E-state index in [2.05, 4.69) is 15.3 Å². The normalized spacial score (nSPS) is 14.8. The van der Waals surface area contributed by atoms with Gasteiger partial charge in [0.2, 0.25) is 11.8 Å². The molecule has 0 radical (unpaired) electrons. The Balaban J connectivity index is 1.86. The molecule has 1 fully saturated rings. The lowest BCUT2D eigenvalue weighted by atomic mass is 10.0. The van der Waals surface area contributed by atoms with Gasteiger partial charge in [-0.2, -0.15) is 4.98 Å². The highest BCUT2D eigenvalue weighted by atomic mass is 16.5. The van der Waals surface area contributed by atoms with Crippen molar-refractivity contribution < 1.29 is 14.3 Å². The molecule has 1 saturated carbocycles. The van der Waals surface area contributed by atoms with Crippen LogP contribution < -0.4 is 14.8 Å². The Morgan fingerprint density at radius 3 is 2.67 bits per heavy atom. The van der Waals surface area contributed by atoms with Crippen molar-refractivity contribution in [2.24, 2.45) is 5.92 Å². The lowest BCUT2D eigenvalue weighted by Crippen LogP contribution is -2.31. The predicted octanol–water partition coefficient (Wildman–Crippen LogP) is 2.68. The van der Waals surface area contributed by atoms with Gasteiger partial charge in [-0.05, 0) is 43.4 Å². The number of hydrogen-bond donors (Lipinski definition) is 1. The number of hydrogen-bond acceptors (Lipinski definition) is 5. The van der Waals surface area contributed by atoms with Crippen LogP contribution in [-0.2, 0) is 0 Å². The van der Waals surface area contributed by atoms with Gasteiger partial charge in [0, 0.05) is 12.3 Å². The molecule has 1 aliphatic rings. The molecule has 1 N–H and O–H groups in total. The third kappa shape index (κ3) is 3.32. The molecule has 6 heteroatoms. The van der Waals surface area contributed by atoms with Crippen molar-refractivity contribution in [3.8, 4) is 11.8 Å². The summed E-state index contributed by atoms with van der Waals surface area (Å²) in [5.41, 5.74) is 2.39. The molecule has 2 aromatic rings. The molecule has 2 aromatic heterocycles. The zero-order valence-electron chi connectivity index (χ0n) is 14.1. The second kappa shape index (κ2) is 6.86. The molecule has 2 heterocycles. The minimum absolute atomic E-state index is 0.0921. The van der Waals surface area contributed by atoms with Crippen LogP contribution in [0.15, 0.2) is 30.5 Å². The first-order chi connectivity index (χ1) is 11.6. The van der Waals surface area contributed by atoms with Crippen molar-refractivity contribution in [2.75, 3.05) is 14.2 Å². The minimum atomic E-state index is -0.219. The molecular weight excluding hydrogens is 306 g/mol. The van der Waals surface area contributed by atoms with Crippen LogP contribution in [0.25, 0.3) is 0 Å². The summed E-state index contributed by atoms with van der Waals surface area (Å²) in [7, 11) is 3.01. The molecule has 0 aromatic carbocycles. The third-order valence-electron chi connectivity index (χ3n) is 4.21. The molecule has 1 amide bonds. The summed E-state index contributed by atoms with van der Waals surface area (Å²) >= 11 is 0. The van der Waals surface area contributed by atoms with E-state index in [1.165, 1.54) is 14.2 Å². The quantitative estimate of drug-likeness (QED) is 0.883. The van der Waals surface area contributed by atoms with Crippen molar-refractivity contribution in [2.45, 2.75) is 25.8 Å². The Morgan fingerprint density at radius 2 is 2.04 bits per heavy atom. The van der Waals surface area contributed by atoms with E-state index in [9.17, 15) is 4.79 Å². The number of nitrogens with zero attached hydrogens (tertiary/aromatic N) is 2. The fourth-order valence-corrected chi connectivity index (χ4v) is 2.75. The Bertz CT molecular complexity index is 744. The average molecular weight is 327 g/mol. The molecule has 0 spiro atoms. The summed E-state index contributed by atoms with van der Waals surface area (Å²) in [5.74, 6) is 0.866. The highest BCUT2D eigenvalue weighted by molar-refractivity contribution is 5.96. The van der Waals surface area contributed by atoms with Crippen LogP contribution in [0.1, 0.15) is 40.5 Å². The molecule has 3 rings (SSSR count). The van der Waals surface area contributed by atoms with Gasteiger partial charge in [0.1, 0.15) is 5.56 Å². The van der Waals surface area contributed by atoms with E-state index in [0.717, 1.165) is 24.1 Å². The van der Waals surface area contributed by atoms with Crippen LogP contribution in [0.3, 0.4) is 0 Å². The van der Waals surface area contributed by atoms with E-state index in [-0.39, 0.29) is 17.8 Å². The van der Waals surface area contributed by atoms with Gasteiger partial charge in [0.15, 0.2) is 0 Å². The standard InChI is InChI=1S/C18H21N3O3/c1-11-5-4-10-19-15(11)16(12-6-7-12)21-17(22)13-8-9-14(23-2)20-18(13)24-3/h4-5,8-10,12,16H,6-7H2,1-3H3,(H,21,22). The number of carbonyl (C=O) groups excluding carboxylic acids is 1. The maximum absolute atomic E-state index is 12.8. The summed E-state index contributed by atoms with van der Waals surface area (Å²) in [6.07, 6.45) is 3.96. The summed E-state index contributed by atoms with van der Waals surface area (Å²) in [4.78, 5) is 21.4. The number of ether oxygens (including phenoxy) is 2. The van der Waals surface area contributed by atoms with Crippen LogP contribution in [0, 0.1) is 12.8 Å². The molecule has 1 atom stereocenters. The smallest absolute Gasteiger partial charge is 0.257 e. The largest absolute Gasteiger partial charge is 0.481 e. The zero-order chi connectivity index (χ0) is 17.1. The van der Waals surface area contributed by atoms with Gasteiger partial charge >= 0.3 is 0 Å². The molecule has 1 unspecified atom stereocenters. The third-order valence-corrected chi connectivity index (χ3v) is 4.21. The molecular formula is C18H21N3O3. The van der Waals surface area contributed by atoms with Gasteiger partial charge in [-0.1, -0.05) is 6.07 Å². The second-order valence-electron chi connectivity index (χ2n) is 5.90. The van der Waals surface area contributed by atoms with Crippen LogP contribution in [-0.4, -0.2) is 30.1 Å². The van der Waals surface area contributed by atoms with E-state index in [0.29, 0.717) is 17.4 Å². The molecule has 1 aliphatic carbocycles. The summed E-state index contributed by atoms with van der Waals surface area (Å²) < 4.78 is 10.3. The molecule has 0 bridgehead atoms. The van der Waals surface area contributed by atoms with Crippen molar-refractivity contribution in [1.82, 2.24) is 15.3 Å². The monoisotopic (exact) mass is 327 g/mol. The van der Waals surface area contributed by atoms with E-state index < -0.39 is 0 Å². The molecule has 0 saturated heterocycles. The van der Waals surface area contributed by atoms with Gasteiger partial charge in [0.05, 0.1) is 26.0 Å². The highest BCUT2D eigenvalue weighted by Gasteiger charge is 2.35. The van der Waals surface area contributed by atoms with Crippen molar-refractivity contribution in [3.63, 3.8) is 0 Å². The number of aromatic nitrogens is 2. The van der Waals surface area contributed by atoms with Gasteiger partial charge in [0.25, 0.3) is 5.91 Å². The van der Waals surface area contributed by atoms with Crippen LogP contribution in [0.5, 0.6) is 11.8 Å². The number of methoxy groups -OCH3 is 2. The Morgan fingerprint density at radius 1 is 1.25 bits per heavy atom. The SMILES string of the molecule is COc1ccc(C(=O)NC(c2ncccc2C)C2CC2)c(OC)n1. The number of rotatable bonds is 6. The second-order valence-corrected chi connectivity index (χ2v) is 5.90. The van der Waals surface area contributed by atoms with E-state index in [1.54, 1.807) is 18.3 Å². The van der Waals surface area contributed by atoms with Crippen molar-refractivity contribution in [1.29, 1.82) is 0 Å². The Hall–Kier alpha value is -2.63. The predicted molar refractivity (Wildman–Crippen MR) is 89.2 cm³/mol. The summed E-state index contributed by atoms with van der Waals surface area (Å²) in [5, 5.41) is 3.10. The fraction of sp³-hybridized carbons (Fsp3) is 0.389. The number of carbonyl (C=O) groups is 1. The van der Waals surface area contributed by atoms with E-state index >= 15 is 0 Å². The summed E-state index contributed by atoms with van der Waals surface area (Å²) in [6, 6.07) is 7.14. The molecule has 6 nitrogen and oxygen atoms in total. The molecule has 24 heavy (non-hydrogen) atoms. The lowest BCUT2D eigenvalue weighted by molar-refractivity contribution is 0.0926. The van der Waals surface area contributed by atoms with Gasteiger partial charge < -0.3 is 14.8 Å². The number of pyridine rings is 2. The Kier molecular flexibility index (Phi) is 4.64. The first kappa shape index (κ1) is 16.2. The van der Waals surface area contributed by atoms with E-state index in [4.69, 9.17) is 9.47 Å². The number of aryl methyl sites for hydroxylation is 1. The van der Waals surface area contributed by atoms with Crippen LogP contribution in [0.2, 0.25) is 0 Å². The van der Waals surface area contributed by atoms with Crippen molar-refractivity contribution in [3.05, 3.63) is 47.3 Å². The van der Waals surface area contributed by atoms with Gasteiger partial charge in [-0.15, -0.1) is 0 Å². The number of nitrogens with one attached hydrogen (secondary N) is 1. The summed E-state index contributed by atoms with van der Waals surface area (Å²) in [6.45, 7) is 2.01. The Labute approximate surface area is 141 Å². The average Bonchev–Trinajstić information content (AvgIpc) is 3.44. The lowest BCUT2D eigenvalue weighted by Gasteiger charge is -2.20. The minimum Gasteiger partial charge on any atom is -0.481 e. The fourth-order valence-electron chi connectivity index (χ4n) is 2.75. The molecule has 126 valence electrons. The van der Waals surface area contributed by atoms with E-state index in [1.807, 2.05) is 19.1 Å². The van der Waals surface area contributed by atoms with Crippen LogP contribution >= 0.6 is 0 Å². The topological polar surface area (TPSA) is 73.3 Å². The molecule has 0 aliphatic heterocycles. The maximum atomic E-state index is 12.8. The van der Waals surface area contributed by atoms with Crippen LogP contribution in [0.4, 0.5) is 0 Å². The van der Waals surface area contributed by atoms with Gasteiger partial charge in [-0.3, -0.25) is 9.78 Å². The first-order valence-corrected chi connectivity index (χ1v) is 7.95. The first-order valence-electron chi connectivity index (χ1n) is 7.95. The highest BCUT2D eigenvalue weighted by Crippen LogP contribution is 2.41. The zero-order valence-corrected chi connectivity index (χ0v) is 14.1.